The fraction of sp³-hybridized carbons (Fsp3) is 0.600. The first-order chi connectivity index (χ1) is 9.80. The van der Waals surface area contributed by atoms with Crippen molar-refractivity contribution in [2.24, 2.45) is 0 Å². The van der Waals surface area contributed by atoms with E-state index in [1.807, 2.05) is 30.3 Å². The number of hydrogen-bond donors (Lipinski definition) is 1. The SMILES string of the molecule is CO[C@H]1[C@@H]2CO[C@@]1(COCc1ccccc1)C(CO)O2. The second-order valence-electron chi connectivity index (χ2n) is 5.25. The van der Waals surface area contributed by atoms with Gasteiger partial charge >= 0.3 is 0 Å². The number of benzene rings is 1. The summed E-state index contributed by atoms with van der Waals surface area (Å²) in [6, 6.07) is 9.95. The van der Waals surface area contributed by atoms with Gasteiger partial charge in [0.2, 0.25) is 0 Å². The molecular weight excluding hydrogens is 260 g/mol. The average Bonchev–Trinajstić information content (AvgIpc) is 2.99. The lowest BCUT2D eigenvalue weighted by atomic mass is 9.93. The summed E-state index contributed by atoms with van der Waals surface area (Å²) >= 11 is 0. The molecule has 4 atom stereocenters. The van der Waals surface area contributed by atoms with Crippen LogP contribution in [-0.2, 0) is 25.6 Å². The van der Waals surface area contributed by atoms with E-state index in [0.717, 1.165) is 5.56 Å². The average molecular weight is 280 g/mol. The Morgan fingerprint density at radius 2 is 2.15 bits per heavy atom. The van der Waals surface area contributed by atoms with Gasteiger partial charge in [-0.1, -0.05) is 30.3 Å². The number of rotatable bonds is 6. The molecule has 0 aliphatic carbocycles. The number of aliphatic hydroxyl groups excluding tert-OH is 1. The van der Waals surface area contributed by atoms with Crippen molar-refractivity contribution < 1.29 is 24.1 Å². The lowest BCUT2D eigenvalue weighted by Crippen LogP contribution is -2.52. The molecule has 1 aromatic rings. The van der Waals surface area contributed by atoms with Crippen molar-refractivity contribution in [1.82, 2.24) is 0 Å². The minimum Gasteiger partial charge on any atom is -0.394 e. The van der Waals surface area contributed by atoms with Crippen LogP contribution in [0.25, 0.3) is 0 Å². The van der Waals surface area contributed by atoms with Crippen LogP contribution in [0.15, 0.2) is 30.3 Å². The van der Waals surface area contributed by atoms with Gasteiger partial charge in [0, 0.05) is 7.11 Å². The van der Waals surface area contributed by atoms with Gasteiger partial charge in [-0.25, -0.2) is 0 Å². The van der Waals surface area contributed by atoms with Crippen LogP contribution in [0.3, 0.4) is 0 Å². The third-order valence-electron chi connectivity index (χ3n) is 4.08. The normalized spacial score (nSPS) is 35.6. The molecule has 0 aromatic heterocycles. The molecule has 110 valence electrons. The van der Waals surface area contributed by atoms with Gasteiger partial charge < -0.3 is 24.1 Å². The van der Waals surface area contributed by atoms with E-state index in [4.69, 9.17) is 18.9 Å². The summed E-state index contributed by atoms with van der Waals surface area (Å²) in [4.78, 5) is 0. The Kier molecular flexibility index (Phi) is 4.05. The van der Waals surface area contributed by atoms with Crippen molar-refractivity contribution in [2.75, 3.05) is 26.9 Å². The van der Waals surface area contributed by atoms with Crippen LogP contribution in [0, 0.1) is 0 Å². The Bertz CT molecular complexity index is 437. The summed E-state index contributed by atoms with van der Waals surface area (Å²) in [7, 11) is 1.64. The van der Waals surface area contributed by atoms with Crippen LogP contribution < -0.4 is 0 Å². The number of fused-ring (bicyclic) bond motifs is 2. The van der Waals surface area contributed by atoms with Crippen molar-refractivity contribution in [3.05, 3.63) is 35.9 Å². The van der Waals surface area contributed by atoms with Gasteiger partial charge in [-0.2, -0.15) is 0 Å². The number of hydrogen-bond acceptors (Lipinski definition) is 5. The zero-order valence-electron chi connectivity index (χ0n) is 11.5. The molecule has 0 amide bonds. The molecule has 2 saturated heterocycles. The Morgan fingerprint density at radius 1 is 1.35 bits per heavy atom. The minimum absolute atomic E-state index is 0.0922. The second kappa shape index (κ2) is 5.79. The van der Waals surface area contributed by atoms with Crippen molar-refractivity contribution in [3.63, 3.8) is 0 Å². The fourth-order valence-corrected chi connectivity index (χ4v) is 3.10. The molecule has 0 radical (unpaired) electrons. The number of aliphatic hydroxyl groups is 1. The zero-order chi connectivity index (χ0) is 14.0. The van der Waals surface area contributed by atoms with Gasteiger partial charge in [0.15, 0.2) is 0 Å². The molecule has 0 spiro atoms. The topological polar surface area (TPSA) is 57.2 Å². The van der Waals surface area contributed by atoms with Crippen molar-refractivity contribution >= 4 is 0 Å². The summed E-state index contributed by atoms with van der Waals surface area (Å²) < 4.78 is 22.9. The van der Waals surface area contributed by atoms with Crippen LogP contribution >= 0.6 is 0 Å². The van der Waals surface area contributed by atoms with Crippen LogP contribution in [-0.4, -0.2) is 55.9 Å². The van der Waals surface area contributed by atoms with E-state index in [1.54, 1.807) is 7.11 Å². The van der Waals surface area contributed by atoms with E-state index in [1.165, 1.54) is 0 Å². The summed E-state index contributed by atoms with van der Waals surface area (Å²) in [6.07, 6.45) is -0.685. The fourth-order valence-electron chi connectivity index (χ4n) is 3.10. The van der Waals surface area contributed by atoms with Gasteiger partial charge in [0.05, 0.1) is 26.4 Å². The van der Waals surface area contributed by atoms with E-state index >= 15 is 0 Å². The third kappa shape index (κ3) is 2.25. The summed E-state index contributed by atoms with van der Waals surface area (Å²) in [6.45, 7) is 1.25. The van der Waals surface area contributed by atoms with Crippen LogP contribution in [0.2, 0.25) is 0 Å². The Balaban J connectivity index is 1.65. The van der Waals surface area contributed by atoms with E-state index in [2.05, 4.69) is 0 Å². The molecule has 2 fully saturated rings. The van der Waals surface area contributed by atoms with Gasteiger partial charge in [-0.05, 0) is 5.56 Å². The van der Waals surface area contributed by atoms with Crippen molar-refractivity contribution in [2.45, 2.75) is 30.5 Å². The van der Waals surface area contributed by atoms with Crippen LogP contribution in [0.1, 0.15) is 5.56 Å². The highest BCUT2D eigenvalue weighted by atomic mass is 16.7. The Hall–Kier alpha value is -0.980. The molecule has 1 aromatic carbocycles. The molecule has 5 heteroatoms. The van der Waals surface area contributed by atoms with Gasteiger partial charge in [-0.15, -0.1) is 0 Å². The first-order valence-corrected chi connectivity index (χ1v) is 6.85. The molecule has 20 heavy (non-hydrogen) atoms. The molecule has 1 N–H and O–H groups in total. The maximum atomic E-state index is 9.47. The molecule has 2 aliphatic rings. The molecule has 0 saturated carbocycles. The minimum atomic E-state index is -0.692. The number of methoxy groups -OCH3 is 1. The zero-order valence-corrected chi connectivity index (χ0v) is 11.5. The molecule has 2 bridgehead atoms. The monoisotopic (exact) mass is 280 g/mol. The predicted molar refractivity (Wildman–Crippen MR) is 71.3 cm³/mol. The molecular formula is C15H20O5. The molecule has 3 rings (SSSR count). The standard InChI is InChI=1S/C15H20O5/c1-17-14-12-9-19-15(14,13(7-16)20-12)10-18-8-11-5-3-2-4-6-11/h2-6,12-14,16H,7-10H2,1H3/t12-,13?,14-,15-/m0/s1. The highest BCUT2D eigenvalue weighted by molar-refractivity contribution is 5.14. The first-order valence-electron chi connectivity index (χ1n) is 6.85. The maximum absolute atomic E-state index is 9.47. The summed E-state index contributed by atoms with van der Waals surface area (Å²) in [5.74, 6) is 0. The largest absolute Gasteiger partial charge is 0.394 e. The van der Waals surface area contributed by atoms with E-state index < -0.39 is 5.60 Å². The van der Waals surface area contributed by atoms with E-state index in [-0.39, 0.29) is 24.9 Å². The first kappa shape index (κ1) is 14.0. The van der Waals surface area contributed by atoms with Crippen molar-refractivity contribution in [1.29, 1.82) is 0 Å². The molecule has 2 aliphatic heterocycles. The molecule has 2 heterocycles. The highest BCUT2D eigenvalue weighted by Crippen LogP contribution is 2.42. The highest BCUT2D eigenvalue weighted by Gasteiger charge is 2.63. The third-order valence-corrected chi connectivity index (χ3v) is 4.08. The van der Waals surface area contributed by atoms with Gasteiger partial charge in [0.25, 0.3) is 0 Å². The molecule has 5 nitrogen and oxygen atoms in total. The summed E-state index contributed by atoms with van der Waals surface area (Å²) in [5.41, 5.74) is 0.412. The van der Waals surface area contributed by atoms with Crippen LogP contribution in [0.5, 0.6) is 0 Å². The van der Waals surface area contributed by atoms with Crippen molar-refractivity contribution in [3.8, 4) is 0 Å². The van der Waals surface area contributed by atoms with Gasteiger partial charge in [-0.3, -0.25) is 0 Å². The van der Waals surface area contributed by atoms with E-state index in [0.29, 0.717) is 19.8 Å². The lowest BCUT2D eigenvalue weighted by molar-refractivity contribution is -0.188. The maximum Gasteiger partial charge on any atom is 0.148 e. The summed E-state index contributed by atoms with van der Waals surface area (Å²) in [5, 5.41) is 9.47. The van der Waals surface area contributed by atoms with Crippen LogP contribution in [0.4, 0.5) is 0 Å². The second-order valence-corrected chi connectivity index (χ2v) is 5.25. The Labute approximate surface area is 118 Å². The quantitative estimate of drug-likeness (QED) is 0.833. The lowest BCUT2D eigenvalue weighted by Gasteiger charge is -2.34. The predicted octanol–water partition coefficient (Wildman–Crippen LogP) is 0.747. The smallest absolute Gasteiger partial charge is 0.148 e. The molecule has 1 unspecified atom stereocenters. The Morgan fingerprint density at radius 3 is 2.85 bits per heavy atom. The van der Waals surface area contributed by atoms with E-state index in [9.17, 15) is 5.11 Å². The number of ether oxygens (including phenoxy) is 4. The van der Waals surface area contributed by atoms with Gasteiger partial charge in [0.1, 0.15) is 23.9 Å².